The summed E-state index contributed by atoms with van der Waals surface area (Å²) in [5.74, 6) is -2.64. The van der Waals surface area contributed by atoms with Crippen LogP contribution in [0, 0.1) is 0 Å². The highest BCUT2D eigenvalue weighted by molar-refractivity contribution is 5.96. The molecule has 0 fully saturated rings. The number of nitrogens with two attached hydrogens (primary N) is 1. The molecule has 2 amide bonds. The van der Waals surface area contributed by atoms with Crippen molar-refractivity contribution in [2.75, 3.05) is 0 Å². The summed E-state index contributed by atoms with van der Waals surface area (Å²) in [7, 11) is 0. The highest BCUT2D eigenvalue weighted by Crippen LogP contribution is 2.00. The Morgan fingerprint density at radius 3 is 2.63 bits per heavy atom. The highest BCUT2D eigenvalue weighted by Gasteiger charge is 2.21. The lowest BCUT2D eigenvalue weighted by Gasteiger charge is -2.13. The van der Waals surface area contributed by atoms with E-state index in [0.29, 0.717) is 0 Å². The maximum absolute atomic E-state index is 11.7. The maximum Gasteiger partial charge on any atom is 0.326 e. The molecule has 0 radical (unpaired) electrons. The van der Waals surface area contributed by atoms with E-state index in [1.807, 2.05) is 0 Å². The Balaban J connectivity index is 2.74. The standard InChI is InChI=1S/C11H13N3O5/c12-8(15)2-1-7(11(18)19)14-10(17)6-3-4-13-9(16)5-6/h3-5,7H,1-2H2,(H2,12,15)(H,13,16)(H,14,17)(H,18,19). The second-order valence-electron chi connectivity index (χ2n) is 3.81. The van der Waals surface area contributed by atoms with Gasteiger partial charge in [-0.25, -0.2) is 4.79 Å². The number of H-pyrrole nitrogens is 1. The van der Waals surface area contributed by atoms with Gasteiger partial charge in [-0.1, -0.05) is 0 Å². The first-order valence-electron chi connectivity index (χ1n) is 5.41. The van der Waals surface area contributed by atoms with E-state index in [4.69, 9.17) is 10.8 Å². The van der Waals surface area contributed by atoms with Crippen LogP contribution in [0.15, 0.2) is 23.1 Å². The van der Waals surface area contributed by atoms with Gasteiger partial charge in [0.25, 0.3) is 5.91 Å². The van der Waals surface area contributed by atoms with Gasteiger partial charge in [-0.15, -0.1) is 0 Å². The molecule has 0 aliphatic rings. The first kappa shape index (κ1) is 14.4. The minimum atomic E-state index is -1.28. The number of carboxylic acids is 1. The lowest BCUT2D eigenvalue weighted by Crippen LogP contribution is -2.41. The number of hydrogen-bond donors (Lipinski definition) is 4. The number of carboxylic acid groups (broad SMARTS) is 1. The van der Waals surface area contributed by atoms with Gasteiger partial charge >= 0.3 is 5.97 Å². The molecule has 0 saturated heterocycles. The molecule has 1 heterocycles. The SMILES string of the molecule is NC(=O)CCC(NC(=O)c1cc[nH]c(=O)c1)C(=O)O. The zero-order valence-electron chi connectivity index (χ0n) is 9.88. The van der Waals surface area contributed by atoms with Gasteiger partial charge in [0.05, 0.1) is 0 Å². The third-order valence-corrected chi connectivity index (χ3v) is 2.32. The van der Waals surface area contributed by atoms with Crippen molar-refractivity contribution in [2.24, 2.45) is 5.73 Å². The molecule has 5 N–H and O–H groups in total. The van der Waals surface area contributed by atoms with E-state index in [9.17, 15) is 19.2 Å². The Hall–Kier alpha value is -2.64. The van der Waals surface area contributed by atoms with Crippen molar-refractivity contribution < 1.29 is 19.5 Å². The fourth-order valence-electron chi connectivity index (χ4n) is 1.37. The number of aromatic nitrogens is 1. The third kappa shape index (κ3) is 4.62. The molecule has 19 heavy (non-hydrogen) atoms. The fraction of sp³-hybridized carbons (Fsp3) is 0.273. The number of carbonyl (C=O) groups excluding carboxylic acids is 2. The van der Waals surface area contributed by atoms with Crippen LogP contribution in [0.5, 0.6) is 0 Å². The normalized spacial score (nSPS) is 11.6. The largest absolute Gasteiger partial charge is 0.480 e. The number of rotatable bonds is 6. The molecule has 0 saturated carbocycles. The number of hydrogen-bond acceptors (Lipinski definition) is 4. The predicted molar refractivity (Wildman–Crippen MR) is 64.4 cm³/mol. The van der Waals surface area contributed by atoms with Crippen LogP contribution in [-0.2, 0) is 9.59 Å². The van der Waals surface area contributed by atoms with Crippen LogP contribution in [0.25, 0.3) is 0 Å². The molecular weight excluding hydrogens is 254 g/mol. The molecule has 1 atom stereocenters. The van der Waals surface area contributed by atoms with E-state index < -0.39 is 29.4 Å². The summed E-state index contributed by atoms with van der Waals surface area (Å²) in [4.78, 5) is 46.6. The molecule has 8 heteroatoms. The molecule has 1 unspecified atom stereocenters. The van der Waals surface area contributed by atoms with Gasteiger partial charge in [0.15, 0.2) is 0 Å². The van der Waals surface area contributed by atoms with Crippen molar-refractivity contribution in [3.05, 3.63) is 34.2 Å². The Labute approximate surface area is 107 Å². The van der Waals surface area contributed by atoms with Gasteiger partial charge in [0.2, 0.25) is 11.5 Å². The van der Waals surface area contributed by atoms with Gasteiger partial charge in [-0.3, -0.25) is 14.4 Å². The summed E-state index contributed by atoms with van der Waals surface area (Å²) >= 11 is 0. The lowest BCUT2D eigenvalue weighted by atomic mass is 10.1. The van der Waals surface area contributed by atoms with Gasteiger partial charge < -0.3 is 21.1 Å². The number of carbonyl (C=O) groups is 3. The van der Waals surface area contributed by atoms with Crippen molar-refractivity contribution in [3.63, 3.8) is 0 Å². The van der Waals surface area contributed by atoms with Crippen LogP contribution in [0.1, 0.15) is 23.2 Å². The summed E-state index contributed by atoms with van der Waals surface area (Å²) in [6, 6.07) is 1.14. The number of pyridine rings is 1. The molecule has 1 aromatic heterocycles. The highest BCUT2D eigenvalue weighted by atomic mass is 16.4. The van der Waals surface area contributed by atoms with Crippen molar-refractivity contribution >= 4 is 17.8 Å². The van der Waals surface area contributed by atoms with Crippen LogP contribution >= 0.6 is 0 Å². The number of aliphatic carboxylic acids is 1. The van der Waals surface area contributed by atoms with Crippen molar-refractivity contribution in [1.29, 1.82) is 0 Å². The number of nitrogens with one attached hydrogen (secondary N) is 2. The van der Waals surface area contributed by atoms with Crippen LogP contribution in [0.4, 0.5) is 0 Å². The van der Waals surface area contributed by atoms with E-state index in [-0.39, 0.29) is 18.4 Å². The minimum absolute atomic E-state index is 0.0362. The Bertz CT molecular complexity index is 551. The second kappa shape index (κ2) is 6.34. The lowest BCUT2D eigenvalue weighted by molar-refractivity contribution is -0.139. The third-order valence-electron chi connectivity index (χ3n) is 2.32. The number of primary amides is 1. The Kier molecular flexibility index (Phi) is 4.81. The Morgan fingerprint density at radius 1 is 1.42 bits per heavy atom. The summed E-state index contributed by atoms with van der Waals surface area (Å²) in [5, 5.41) is 11.1. The molecule has 1 rings (SSSR count). The second-order valence-corrected chi connectivity index (χ2v) is 3.81. The maximum atomic E-state index is 11.7. The van der Waals surface area contributed by atoms with Crippen LogP contribution in [-0.4, -0.2) is 33.9 Å². The molecular formula is C11H13N3O5. The fourth-order valence-corrected chi connectivity index (χ4v) is 1.37. The summed E-state index contributed by atoms with van der Waals surface area (Å²) in [6.07, 6.45) is 1.00. The van der Waals surface area contributed by atoms with E-state index >= 15 is 0 Å². The van der Waals surface area contributed by atoms with E-state index in [2.05, 4.69) is 10.3 Å². The summed E-state index contributed by atoms with van der Waals surface area (Å²) < 4.78 is 0. The topological polar surface area (TPSA) is 142 Å². The van der Waals surface area contributed by atoms with Crippen molar-refractivity contribution in [3.8, 4) is 0 Å². The quantitative estimate of drug-likeness (QED) is 0.513. The van der Waals surface area contributed by atoms with E-state index in [1.54, 1.807) is 0 Å². The molecule has 0 bridgehead atoms. The van der Waals surface area contributed by atoms with E-state index in [1.165, 1.54) is 12.3 Å². The molecule has 8 nitrogen and oxygen atoms in total. The predicted octanol–water partition coefficient (Wildman–Crippen LogP) is -1.18. The van der Waals surface area contributed by atoms with Gasteiger partial charge in [0.1, 0.15) is 6.04 Å². The van der Waals surface area contributed by atoms with Gasteiger partial charge in [-0.2, -0.15) is 0 Å². The van der Waals surface area contributed by atoms with Crippen LogP contribution in [0.3, 0.4) is 0 Å². The van der Waals surface area contributed by atoms with Crippen LogP contribution in [0.2, 0.25) is 0 Å². The minimum Gasteiger partial charge on any atom is -0.480 e. The number of aromatic amines is 1. The van der Waals surface area contributed by atoms with Crippen LogP contribution < -0.4 is 16.6 Å². The molecule has 0 aliphatic carbocycles. The molecule has 102 valence electrons. The summed E-state index contributed by atoms with van der Waals surface area (Å²) in [6.45, 7) is 0. The zero-order valence-corrected chi connectivity index (χ0v) is 9.88. The smallest absolute Gasteiger partial charge is 0.326 e. The first-order chi connectivity index (χ1) is 8.90. The van der Waals surface area contributed by atoms with E-state index in [0.717, 1.165) is 6.07 Å². The zero-order chi connectivity index (χ0) is 14.4. The average molecular weight is 267 g/mol. The van der Waals surface area contributed by atoms with Crippen molar-refractivity contribution in [1.82, 2.24) is 10.3 Å². The van der Waals surface area contributed by atoms with Gasteiger partial charge in [-0.05, 0) is 12.5 Å². The Morgan fingerprint density at radius 2 is 2.11 bits per heavy atom. The van der Waals surface area contributed by atoms with Gasteiger partial charge in [0, 0.05) is 24.2 Å². The molecule has 0 spiro atoms. The summed E-state index contributed by atoms with van der Waals surface area (Å²) in [5.41, 5.74) is 4.47. The monoisotopic (exact) mass is 267 g/mol. The number of amides is 2. The average Bonchev–Trinajstić information content (AvgIpc) is 2.33. The first-order valence-corrected chi connectivity index (χ1v) is 5.41. The molecule has 1 aromatic rings. The molecule has 0 aliphatic heterocycles. The van der Waals surface area contributed by atoms with Crippen molar-refractivity contribution in [2.45, 2.75) is 18.9 Å². The molecule has 0 aromatic carbocycles.